The van der Waals surface area contributed by atoms with Gasteiger partial charge in [0, 0.05) is 0 Å². The van der Waals surface area contributed by atoms with E-state index in [-0.39, 0.29) is 73.7 Å². The molecule has 0 heterocycles. The molecule has 57 heavy (non-hydrogen) atoms. The number of aliphatic hydroxyl groups is 2. The number of esters is 2. The highest BCUT2D eigenvalue weighted by molar-refractivity contribution is 5.78. The summed E-state index contributed by atoms with van der Waals surface area (Å²) in [6.07, 6.45) is 19.6. The molecule has 6 aliphatic rings. The molecule has 0 aromatic carbocycles. The summed E-state index contributed by atoms with van der Waals surface area (Å²) in [5, 5.41) is 21.4. The fourth-order valence-corrected chi connectivity index (χ4v) is 12.6. The fraction of sp³-hybridized carbons (Fsp3) is 0.796. The van der Waals surface area contributed by atoms with Gasteiger partial charge >= 0.3 is 11.9 Å². The molecule has 320 valence electrons. The molecular formula is C49H76O8. The topological polar surface area (TPSA) is 112 Å². The van der Waals surface area contributed by atoms with E-state index in [1.54, 1.807) is 0 Å². The third kappa shape index (κ3) is 8.96. The second-order valence-electron chi connectivity index (χ2n) is 20.7. The molecule has 8 heteroatoms. The molecule has 2 fully saturated rings. The van der Waals surface area contributed by atoms with Crippen molar-refractivity contribution in [1.82, 2.24) is 0 Å². The fourth-order valence-electron chi connectivity index (χ4n) is 12.6. The average molecular weight is 793 g/mol. The molecule has 0 bridgehead atoms. The van der Waals surface area contributed by atoms with Crippen molar-refractivity contribution in [3.8, 4) is 0 Å². The molecule has 0 amide bonds. The van der Waals surface area contributed by atoms with Crippen LogP contribution in [0.25, 0.3) is 0 Å². The second kappa shape index (κ2) is 17.8. The maximum Gasteiger partial charge on any atom is 0.312 e. The minimum Gasteiger partial charge on any atom is -0.462 e. The van der Waals surface area contributed by atoms with Crippen LogP contribution in [-0.2, 0) is 28.5 Å². The lowest BCUT2D eigenvalue weighted by Gasteiger charge is -2.57. The maximum absolute atomic E-state index is 13.7. The third-order valence-electron chi connectivity index (χ3n) is 16.1. The van der Waals surface area contributed by atoms with E-state index in [9.17, 15) is 19.8 Å². The first kappa shape index (κ1) is 44.3. The van der Waals surface area contributed by atoms with Crippen LogP contribution in [0.2, 0.25) is 0 Å². The predicted molar refractivity (Wildman–Crippen MR) is 224 cm³/mol. The smallest absolute Gasteiger partial charge is 0.312 e. The summed E-state index contributed by atoms with van der Waals surface area (Å²) in [5.74, 6) is 2.07. The predicted octanol–water partition coefficient (Wildman–Crippen LogP) is 9.49. The zero-order valence-corrected chi connectivity index (χ0v) is 36.9. The van der Waals surface area contributed by atoms with E-state index < -0.39 is 23.0 Å². The molecule has 0 aromatic heterocycles. The molecule has 6 aliphatic carbocycles. The minimum absolute atomic E-state index is 0.0000926. The molecule has 0 saturated heterocycles. The van der Waals surface area contributed by atoms with Crippen molar-refractivity contribution >= 4 is 11.9 Å². The van der Waals surface area contributed by atoms with Crippen molar-refractivity contribution in [3.63, 3.8) is 0 Å². The lowest BCUT2D eigenvalue weighted by molar-refractivity contribution is -0.174. The first-order valence-electron chi connectivity index (χ1n) is 22.6. The number of aliphatic hydroxyl groups excluding tert-OH is 2. The molecule has 11 atom stereocenters. The van der Waals surface area contributed by atoms with Crippen LogP contribution < -0.4 is 0 Å². The van der Waals surface area contributed by atoms with Crippen LogP contribution in [0.4, 0.5) is 0 Å². The molecule has 0 aromatic rings. The molecule has 6 rings (SSSR count). The maximum atomic E-state index is 13.7. The number of hydrogen-bond donors (Lipinski definition) is 2. The summed E-state index contributed by atoms with van der Waals surface area (Å²) in [4.78, 5) is 27.5. The van der Waals surface area contributed by atoms with Crippen molar-refractivity contribution < 1.29 is 38.7 Å². The molecular weight excluding hydrogens is 717 g/mol. The Morgan fingerprint density at radius 1 is 0.649 bits per heavy atom. The lowest BCUT2D eigenvalue weighted by atomic mass is 9.47. The van der Waals surface area contributed by atoms with E-state index in [2.05, 4.69) is 79.7 Å². The SMILES string of the molecule is CC(COCC(O)COC(=O)C1(C)CCCC2(C)C3CCC(C(C)C)=CC3=CCC12)OCC(O)COC(=O)C1(C)CCCC2(C)C3CCC(C(C)C)=CC3=CCC12. The standard InChI is InChI=1S/C49H76O8/c1-31(2)34-12-16-40-36(24-34)14-18-42-46(40,6)20-10-22-48(42,8)44(52)56-29-38(50)27-54-26-33(5)55-28-39(51)30-57-45(53)49(9)23-11-21-47(7)41-17-13-35(32(3)4)25-37(41)15-19-43(47)49/h14-15,24-25,31-33,38-43,50-51H,10-13,16-23,26-30H2,1-9H3. The highest BCUT2D eigenvalue weighted by Crippen LogP contribution is 2.64. The van der Waals surface area contributed by atoms with Gasteiger partial charge in [-0.3, -0.25) is 9.59 Å². The first-order chi connectivity index (χ1) is 26.9. The molecule has 0 spiro atoms. The van der Waals surface area contributed by atoms with Gasteiger partial charge in [-0.15, -0.1) is 0 Å². The van der Waals surface area contributed by atoms with Crippen LogP contribution in [0.15, 0.2) is 46.6 Å². The Hall–Kier alpha value is -2.26. The van der Waals surface area contributed by atoms with Crippen LogP contribution in [0.1, 0.15) is 139 Å². The van der Waals surface area contributed by atoms with Crippen LogP contribution >= 0.6 is 0 Å². The Morgan fingerprint density at radius 3 is 1.53 bits per heavy atom. The Labute approximate surface area is 344 Å². The number of hydrogen-bond acceptors (Lipinski definition) is 8. The van der Waals surface area contributed by atoms with Gasteiger partial charge in [0.2, 0.25) is 0 Å². The molecule has 2 saturated carbocycles. The van der Waals surface area contributed by atoms with Crippen molar-refractivity contribution in [1.29, 1.82) is 0 Å². The van der Waals surface area contributed by atoms with Gasteiger partial charge in [-0.2, -0.15) is 0 Å². The van der Waals surface area contributed by atoms with E-state index in [1.807, 2.05) is 6.92 Å². The number of ether oxygens (including phenoxy) is 4. The van der Waals surface area contributed by atoms with Gasteiger partial charge < -0.3 is 29.2 Å². The van der Waals surface area contributed by atoms with Crippen molar-refractivity contribution in [3.05, 3.63) is 46.6 Å². The number of fused-ring (bicyclic) bond motifs is 6. The molecule has 11 unspecified atom stereocenters. The zero-order chi connectivity index (χ0) is 41.3. The number of allylic oxidation sites excluding steroid dienone is 8. The van der Waals surface area contributed by atoms with Crippen LogP contribution in [0.5, 0.6) is 0 Å². The summed E-state index contributed by atoms with van der Waals surface area (Å²) in [7, 11) is 0. The highest BCUT2D eigenvalue weighted by atomic mass is 16.6. The van der Waals surface area contributed by atoms with Crippen LogP contribution in [0.3, 0.4) is 0 Å². The monoisotopic (exact) mass is 793 g/mol. The number of rotatable bonds is 15. The van der Waals surface area contributed by atoms with E-state index >= 15 is 0 Å². The van der Waals surface area contributed by atoms with E-state index in [4.69, 9.17) is 18.9 Å². The quantitative estimate of drug-likeness (QED) is 0.158. The van der Waals surface area contributed by atoms with Crippen LogP contribution in [0, 0.1) is 57.2 Å². The second-order valence-corrected chi connectivity index (χ2v) is 20.7. The molecule has 0 aliphatic heterocycles. The number of carbonyl (C=O) groups is 2. The largest absolute Gasteiger partial charge is 0.462 e. The minimum atomic E-state index is -0.961. The summed E-state index contributed by atoms with van der Waals surface area (Å²) in [6, 6.07) is 0. The van der Waals surface area contributed by atoms with Gasteiger partial charge in [-0.1, -0.05) is 89.8 Å². The van der Waals surface area contributed by atoms with Gasteiger partial charge in [0.25, 0.3) is 0 Å². The Morgan fingerprint density at radius 2 is 1.09 bits per heavy atom. The lowest BCUT2D eigenvalue weighted by Crippen LogP contribution is -2.53. The molecule has 8 nitrogen and oxygen atoms in total. The summed E-state index contributed by atoms with van der Waals surface area (Å²) >= 11 is 0. The average Bonchev–Trinajstić information content (AvgIpc) is 3.17. The van der Waals surface area contributed by atoms with Gasteiger partial charge in [0.05, 0.1) is 36.8 Å². The van der Waals surface area contributed by atoms with Crippen molar-refractivity contribution in [2.24, 2.45) is 57.2 Å². The Kier molecular flexibility index (Phi) is 13.8. The van der Waals surface area contributed by atoms with Gasteiger partial charge in [0.1, 0.15) is 25.4 Å². The van der Waals surface area contributed by atoms with Gasteiger partial charge in [0.15, 0.2) is 0 Å². The highest BCUT2D eigenvalue weighted by Gasteiger charge is 2.59. The van der Waals surface area contributed by atoms with Gasteiger partial charge in [-0.05, 0) is 142 Å². The summed E-state index contributed by atoms with van der Waals surface area (Å²) in [6.45, 7) is 19.9. The normalized spacial score (nSPS) is 36.6. The van der Waals surface area contributed by atoms with E-state index in [0.29, 0.717) is 23.7 Å². The van der Waals surface area contributed by atoms with E-state index in [1.165, 1.54) is 22.3 Å². The first-order valence-corrected chi connectivity index (χ1v) is 22.6. The summed E-state index contributed by atoms with van der Waals surface area (Å²) in [5.41, 5.74) is 4.93. The molecule has 2 N–H and O–H groups in total. The van der Waals surface area contributed by atoms with Crippen molar-refractivity contribution in [2.75, 3.05) is 33.0 Å². The zero-order valence-electron chi connectivity index (χ0n) is 36.9. The summed E-state index contributed by atoms with van der Waals surface area (Å²) < 4.78 is 23.2. The van der Waals surface area contributed by atoms with Gasteiger partial charge in [-0.25, -0.2) is 0 Å². The Bertz CT molecular complexity index is 1590. The van der Waals surface area contributed by atoms with E-state index in [0.717, 1.165) is 77.0 Å². The van der Waals surface area contributed by atoms with Crippen LogP contribution in [-0.4, -0.2) is 73.5 Å². The number of carbonyl (C=O) groups excluding carboxylic acids is 2. The Balaban J connectivity index is 0.905. The van der Waals surface area contributed by atoms with Crippen molar-refractivity contribution in [2.45, 2.75) is 158 Å². The third-order valence-corrected chi connectivity index (χ3v) is 16.1. The molecule has 0 radical (unpaired) electrons.